The highest BCUT2D eigenvalue weighted by atomic mass is 16.7. The van der Waals surface area contributed by atoms with Crippen LogP contribution in [0.3, 0.4) is 0 Å². The predicted octanol–water partition coefficient (Wildman–Crippen LogP) is 5.00. The lowest BCUT2D eigenvalue weighted by Gasteiger charge is -2.26. The van der Waals surface area contributed by atoms with Gasteiger partial charge in [0, 0.05) is 11.5 Å². The Morgan fingerprint density at radius 2 is 1.45 bits per heavy atom. The summed E-state index contributed by atoms with van der Waals surface area (Å²) in [7, 11) is 1.67. The standard InChI is InChI=1S/C20H20O2/c1-15-13-14-18(20(21-2)22-15)19(16-9-5-3-6-10-16)17-11-7-4-8-12-17/h3-13,19H,14H2,1-2H3. The molecule has 1 aliphatic rings. The lowest BCUT2D eigenvalue weighted by Crippen LogP contribution is -2.12. The van der Waals surface area contributed by atoms with Gasteiger partial charge in [-0.25, -0.2) is 0 Å². The molecule has 2 aromatic rings. The molecule has 0 fully saturated rings. The topological polar surface area (TPSA) is 18.5 Å². The Kier molecular flexibility index (Phi) is 4.29. The molecule has 112 valence electrons. The van der Waals surface area contributed by atoms with Crippen LogP contribution < -0.4 is 0 Å². The minimum atomic E-state index is 0.140. The van der Waals surface area contributed by atoms with Gasteiger partial charge >= 0.3 is 0 Å². The smallest absolute Gasteiger partial charge is 0.284 e. The monoisotopic (exact) mass is 292 g/mol. The summed E-state index contributed by atoms with van der Waals surface area (Å²) >= 11 is 0. The van der Waals surface area contributed by atoms with Crippen molar-refractivity contribution in [1.82, 2.24) is 0 Å². The molecule has 2 heteroatoms. The Labute approximate surface area is 131 Å². The summed E-state index contributed by atoms with van der Waals surface area (Å²) in [6.07, 6.45) is 2.94. The van der Waals surface area contributed by atoms with E-state index in [0.717, 1.165) is 17.8 Å². The molecule has 0 N–H and O–H groups in total. The summed E-state index contributed by atoms with van der Waals surface area (Å²) in [5.74, 6) is 1.65. The highest BCUT2D eigenvalue weighted by molar-refractivity contribution is 5.42. The first kappa shape index (κ1) is 14.5. The number of benzene rings is 2. The first-order valence-electron chi connectivity index (χ1n) is 7.51. The molecule has 2 aromatic carbocycles. The van der Waals surface area contributed by atoms with Crippen LogP contribution in [-0.4, -0.2) is 7.11 Å². The van der Waals surface area contributed by atoms with E-state index in [1.165, 1.54) is 11.1 Å². The molecule has 0 unspecified atom stereocenters. The zero-order valence-electron chi connectivity index (χ0n) is 13.0. The van der Waals surface area contributed by atoms with Crippen LogP contribution in [0.1, 0.15) is 30.4 Å². The maximum Gasteiger partial charge on any atom is 0.284 e. The largest absolute Gasteiger partial charge is 0.468 e. The van der Waals surface area contributed by atoms with Crippen molar-refractivity contribution in [3.63, 3.8) is 0 Å². The molecule has 0 radical (unpaired) electrons. The van der Waals surface area contributed by atoms with Crippen molar-refractivity contribution in [3.8, 4) is 0 Å². The van der Waals surface area contributed by atoms with Gasteiger partial charge in [-0.3, -0.25) is 0 Å². The molecule has 1 aliphatic heterocycles. The Hall–Kier alpha value is -2.48. The summed E-state index contributed by atoms with van der Waals surface area (Å²) in [5, 5.41) is 0. The molecule has 2 nitrogen and oxygen atoms in total. The Balaban J connectivity index is 2.10. The van der Waals surface area contributed by atoms with Crippen LogP contribution in [0.25, 0.3) is 0 Å². The van der Waals surface area contributed by atoms with E-state index in [0.29, 0.717) is 5.95 Å². The third-order valence-corrected chi connectivity index (χ3v) is 3.92. The second-order valence-electron chi connectivity index (χ2n) is 5.39. The van der Waals surface area contributed by atoms with Crippen molar-refractivity contribution < 1.29 is 9.47 Å². The van der Waals surface area contributed by atoms with Gasteiger partial charge in [-0.2, -0.15) is 0 Å². The number of allylic oxidation sites excluding steroid dienone is 3. The predicted molar refractivity (Wildman–Crippen MR) is 88.2 cm³/mol. The number of methoxy groups -OCH3 is 1. The summed E-state index contributed by atoms with van der Waals surface area (Å²) < 4.78 is 11.3. The van der Waals surface area contributed by atoms with Crippen molar-refractivity contribution in [2.75, 3.05) is 7.11 Å². The Bertz CT molecular complexity index is 645. The van der Waals surface area contributed by atoms with Crippen LogP contribution in [0.4, 0.5) is 0 Å². The normalized spacial score (nSPS) is 14.6. The van der Waals surface area contributed by atoms with Crippen LogP contribution in [0.5, 0.6) is 0 Å². The van der Waals surface area contributed by atoms with E-state index >= 15 is 0 Å². The average molecular weight is 292 g/mol. The van der Waals surface area contributed by atoms with E-state index in [2.05, 4.69) is 54.6 Å². The van der Waals surface area contributed by atoms with Gasteiger partial charge in [0.05, 0.1) is 7.11 Å². The second kappa shape index (κ2) is 6.52. The fourth-order valence-corrected chi connectivity index (χ4v) is 2.88. The van der Waals surface area contributed by atoms with Gasteiger partial charge in [-0.1, -0.05) is 60.7 Å². The minimum absolute atomic E-state index is 0.140. The quantitative estimate of drug-likeness (QED) is 0.789. The molecular formula is C20H20O2. The maximum absolute atomic E-state index is 5.79. The maximum atomic E-state index is 5.79. The summed E-state index contributed by atoms with van der Waals surface area (Å²) in [4.78, 5) is 0. The van der Waals surface area contributed by atoms with Crippen LogP contribution >= 0.6 is 0 Å². The molecule has 0 atom stereocenters. The van der Waals surface area contributed by atoms with Gasteiger partial charge in [0.1, 0.15) is 5.76 Å². The second-order valence-corrected chi connectivity index (χ2v) is 5.39. The molecule has 22 heavy (non-hydrogen) atoms. The number of hydrogen-bond donors (Lipinski definition) is 0. The first-order valence-corrected chi connectivity index (χ1v) is 7.51. The zero-order valence-corrected chi connectivity index (χ0v) is 13.0. The van der Waals surface area contributed by atoms with E-state index in [9.17, 15) is 0 Å². The highest BCUT2D eigenvalue weighted by Gasteiger charge is 2.26. The lowest BCUT2D eigenvalue weighted by atomic mass is 9.83. The third kappa shape index (κ3) is 2.91. The van der Waals surface area contributed by atoms with E-state index in [1.54, 1.807) is 7.11 Å². The van der Waals surface area contributed by atoms with Crippen molar-refractivity contribution >= 4 is 0 Å². The molecule has 0 saturated carbocycles. The number of ether oxygens (including phenoxy) is 2. The van der Waals surface area contributed by atoms with Crippen LogP contribution in [0, 0.1) is 0 Å². The summed E-state index contributed by atoms with van der Waals surface area (Å²) in [6.45, 7) is 1.95. The highest BCUT2D eigenvalue weighted by Crippen LogP contribution is 2.38. The van der Waals surface area contributed by atoms with Gasteiger partial charge in [0.2, 0.25) is 0 Å². The van der Waals surface area contributed by atoms with Gasteiger partial charge in [0.25, 0.3) is 5.95 Å². The molecule has 0 aromatic heterocycles. The number of hydrogen-bond acceptors (Lipinski definition) is 2. The molecular weight excluding hydrogens is 272 g/mol. The lowest BCUT2D eigenvalue weighted by molar-refractivity contribution is 0.0927. The summed E-state index contributed by atoms with van der Waals surface area (Å²) in [5.41, 5.74) is 3.65. The zero-order chi connectivity index (χ0) is 15.4. The minimum Gasteiger partial charge on any atom is -0.468 e. The molecule has 0 saturated heterocycles. The molecule has 3 rings (SSSR count). The van der Waals surface area contributed by atoms with Crippen LogP contribution in [0.2, 0.25) is 0 Å². The van der Waals surface area contributed by atoms with Crippen molar-refractivity contribution in [2.45, 2.75) is 19.3 Å². The third-order valence-electron chi connectivity index (χ3n) is 3.92. The summed E-state index contributed by atoms with van der Waals surface area (Å²) in [6, 6.07) is 21.0. The Morgan fingerprint density at radius 3 is 1.95 bits per heavy atom. The fraction of sp³-hybridized carbons (Fsp3) is 0.200. The number of rotatable bonds is 4. The Morgan fingerprint density at radius 1 is 0.909 bits per heavy atom. The van der Waals surface area contributed by atoms with Crippen LogP contribution in [-0.2, 0) is 9.47 Å². The molecule has 0 bridgehead atoms. The molecule has 0 spiro atoms. The van der Waals surface area contributed by atoms with Gasteiger partial charge in [-0.15, -0.1) is 0 Å². The molecule has 0 amide bonds. The van der Waals surface area contributed by atoms with Gasteiger partial charge < -0.3 is 9.47 Å². The van der Waals surface area contributed by atoms with Gasteiger partial charge in [-0.05, 0) is 30.5 Å². The fourth-order valence-electron chi connectivity index (χ4n) is 2.88. The molecule has 0 aliphatic carbocycles. The van der Waals surface area contributed by atoms with Crippen molar-refractivity contribution in [1.29, 1.82) is 0 Å². The average Bonchev–Trinajstić information content (AvgIpc) is 2.58. The SMILES string of the molecule is COC1=C(C(c2ccccc2)c2ccccc2)CC=C(C)O1. The van der Waals surface area contributed by atoms with E-state index < -0.39 is 0 Å². The first-order chi connectivity index (χ1) is 10.8. The van der Waals surface area contributed by atoms with Crippen molar-refractivity contribution in [2.24, 2.45) is 0 Å². The molecule has 1 heterocycles. The van der Waals surface area contributed by atoms with Gasteiger partial charge in [0.15, 0.2) is 0 Å². The van der Waals surface area contributed by atoms with Crippen LogP contribution in [0.15, 0.2) is 84.0 Å². The van der Waals surface area contributed by atoms with E-state index in [-0.39, 0.29) is 5.92 Å². The van der Waals surface area contributed by atoms with Crippen molar-refractivity contribution in [3.05, 3.63) is 95.1 Å². The van der Waals surface area contributed by atoms with E-state index in [1.807, 2.05) is 19.1 Å². The van der Waals surface area contributed by atoms with E-state index in [4.69, 9.17) is 9.47 Å².